The Morgan fingerprint density at radius 2 is 2.00 bits per heavy atom. The lowest BCUT2D eigenvalue weighted by molar-refractivity contribution is -0.132. The van der Waals surface area contributed by atoms with Crippen molar-refractivity contribution in [2.24, 2.45) is 10.7 Å². The third kappa shape index (κ3) is 7.70. The van der Waals surface area contributed by atoms with Crippen LogP contribution in [0.25, 0.3) is 5.65 Å². The molecule has 0 unspecified atom stereocenters. The van der Waals surface area contributed by atoms with Crippen molar-refractivity contribution in [3.05, 3.63) is 47.8 Å². The maximum Gasteiger partial charge on any atom is 0.339 e. The Hall–Kier alpha value is -4.55. The molecule has 32 heavy (non-hydrogen) atoms. The van der Waals surface area contributed by atoms with Gasteiger partial charge in [0, 0.05) is 32.7 Å². The summed E-state index contributed by atoms with van der Waals surface area (Å²) in [6.45, 7) is 0.694. The van der Waals surface area contributed by atoms with Crippen molar-refractivity contribution in [1.82, 2.24) is 19.5 Å². The molecule has 13 heteroatoms. The van der Waals surface area contributed by atoms with Crippen LogP contribution >= 0.6 is 0 Å². The number of aliphatic imine (C=N–C) groups is 1. The van der Waals surface area contributed by atoms with E-state index in [1.165, 1.54) is 36.3 Å². The number of aromatic nitrogens is 3. The first-order valence-electron chi connectivity index (χ1n) is 8.77. The van der Waals surface area contributed by atoms with Gasteiger partial charge < -0.3 is 25.2 Å². The molecule has 0 fully saturated rings. The van der Waals surface area contributed by atoms with Gasteiger partial charge in [-0.05, 0) is 6.08 Å². The molecule has 13 nitrogen and oxygen atoms in total. The van der Waals surface area contributed by atoms with Crippen molar-refractivity contribution >= 4 is 36.5 Å². The second-order valence-corrected chi connectivity index (χ2v) is 5.96. The van der Waals surface area contributed by atoms with Crippen LogP contribution in [0.15, 0.2) is 47.2 Å². The van der Waals surface area contributed by atoms with Gasteiger partial charge in [-0.25, -0.2) is 14.3 Å². The highest BCUT2D eigenvalue weighted by molar-refractivity contribution is 6.18. The highest BCUT2D eigenvalue weighted by Crippen LogP contribution is 2.15. The van der Waals surface area contributed by atoms with Crippen LogP contribution in [0, 0.1) is 0 Å². The van der Waals surface area contributed by atoms with Crippen LogP contribution in [-0.2, 0) is 19.1 Å². The monoisotopic (exact) mass is 446 g/mol. The van der Waals surface area contributed by atoms with Crippen molar-refractivity contribution in [2.45, 2.75) is 0 Å². The SMILES string of the molecule is CO/C(C=O)=C/N(C)C.NC1=NCC=C1C(=O)O.O=COc1cnn2cc(C=O)cnc12. The normalized spacial score (nSPS) is 12.2. The minimum absolute atomic E-state index is 0.120. The third-order valence-corrected chi connectivity index (χ3v) is 3.46. The zero-order valence-electron chi connectivity index (χ0n) is 17.5. The van der Waals surface area contributed by atoms with E-state index in [4.69, 9.17) is 10.8 Å². The molecule has 1 aliphatic heterocycles. The Balaban J connectivity index is 0.000000252. The smallest absolute Gasteiger partial charge is 0.339 e. The number of nitrogens with two attached hydrogens (primary N) is 1. The number of carbonyl (C=O) groups excluding carboxylic acids is 3. The highest BCUT2D eigenvalue weighted by atomic mass is 16.5. The zero-order chi connectivity index (χ0) is 24.1. The molecule has 0 aromatic carbocycles. The Bertz CT molecular complexity index is 1060. The summed E-state index contributed by atoms with van der Waals surface area (Å²) in [6, 6.07) is 0. The molecule has 0 saturated carbocycles. The van der Waals surface area contributed by atoms with Gasteiger partial charge in [0.15, 0.2) is 29.7 Å². The number of nitrogens with zero attached hydrogens (tertiary/aromatic N) is 5. The molecule has 0 amide bonds. The van der Waals surface area contributed by atoms with E-state index < -0.39 is 5.97 Å². The van der Waals surface area contributed by atoms with Crippen LogP contribution in [0.5, 0.6) is 5.75 Å². The molecule has 3 heterocycles. The van der Waals surface area contributed by atoms with Crippen LogP contribution in [0.1, 0.15) is 10.4 Å². The Kier molecular flexibility index (Phi) is 10.3. The summed E-state index contributed by atoms with van der Waals surface area (Å²) in [5.74, 6) is -0.284. The molecule has 1 aliphatic rings. The van der Waals surface area contributed by atoms with E-state index in [-0.39, 0.29) is 17.2 Å². The van der Waals surface area contributed by atoms with Gasteiger partial charge in [0.05, 0.1) is 31.0 Å². The van der Waals surface area contributed by atoms with Crippen LogP contribution in [-0.4, -0.2) is 83.2 Å². The average Bonchev–Trinajstić information content (AvgIpc) is 3.38. The number of hydrogen-bond donors (Lipinski definition) is 2. The molecular formula is C19H22N6O7. The number of fused-ring (bicyclic) bond motifs is 1. The molecule has 170 valence electrons. The maximum atomic E-state index is 10.4. The van der Waals surface area contributed by atoms with E-state index >= 15 is 0 Å². The largest absolute Gasteiger partial charge is 0.492 e. The molecule has 2 aromatic heterocycles. The molecule has 0 atom stereocenters. The summed E-state index contributed by atoms with van der Waals surface area (Å²) in [5.41, 5.74) is 6.09. The number of carbonyl (C=O) groups is 4. The van der Waals surface area contributed by atoms with Gasteiger partial charge >= 0.3 is 5.97 Å². The van der Waals surface area contributed by atoms with E-state index in [0.717, 1.165) is 0 Å². The lowest BCUT2D eigenvalue weighted by Gasteiger charge is -2.04. The molecule has 0 bridgehead atoms. The molecule has 0 aliphatic carbocycles. The van der Waals surface area contributed by atoms with Gasteiger partial charge in [-0.1, -0.05) is 0 Å². The first-order chi connectivity index (χ1) is 15.3. The molecular weight excluding hydrogens is 424 g/mol. The maximum absolute atomic E-state index is 10.4. The molecule has 3 N–H and O–H groups in total. The summed E-state index contributed by atoms with van der Waals surface area (Å²) >= 11 is 0. The minimum atomic E-state index is -1.01. The van der Waals surface area contributed by atoms with Gasteiger partial charge in [0.25, 0.3) is 6.47 Å². The number of methoxy groups -OCH3 is 1. The zero-order valence-corrected chi connectivity index (χ0v) is 17.5. The first kappa shape index (κ1) is 25.5. The van der Waals surface area contributed by atoms with Crippen molar-refractivity contribution in [1.29, 1.82) is 0 Å². The quantitative estimate of drug-likeness (QED) is 0.323. The summed E-state index contributed by atoms with van der Waals surface area (Å²) in [4.78, 5) is 50.1. The summed E-state index contributed by atoms with van der Waals surface area (Å²) in [5, 5.41) is 12.2. The van der Waals surface area contributed by atoms with E-state index in [9.17, 15) is 19.2 Å². The third-order valence-electron chi connectivity index (χ3n) is 3.46. The number of rotatable bonds is 7. The number of ether oxygens (including phenoxy) is 2. The number of amidine groups is 1. The number of aldehydes is 2. The van der Waals surface area contributed by atoms with Crippen molar-refractivity contribution < 1.29 is 33.8 Å². The van der Waals surface area contributed by atoms with Crippen molar-refractivity contribution in [3.8, 4) is 5.75 Å². The number of hydrogen-bond acceptors (Lipinski definition) is 11. The lowest BCUT2D eigenvalue weighted by Crippen LogP contribution is -2.17. The molecule has 0 saturated heterocycles. The first-order valence-corrected chi connectivity index (χ1v) is 8.77. The highest BCUT2D eigenvalue weighted by Gasteiger charge is 2.14. The minimum Gasteiger partial charge on any atom is -0.492 e. The van der Waals surface area contributed by atoms with Gasteiger partial charge in [0.2, 0.25) is 0 Å². The van der Waals surface area contributed by atoms with Crippen LogP contribution < -0.4 is 10.5 Å². The predicted octanol–water partition coefficient (Wildman–Crippen LogP) is -0.320. The molecule has 3 rings (SSSR count). The number of carboxylic acid groups (broad SMARTS) is 1. The average molecular weight is 446 g/mol. The van der Waals surface area contributed by atoms with Gasteiger partial charge in [-0.3, -0.25) is 19.4 Å². The fourth-order valence-electron chi connectivity index (χ4n) is 2.07. The Labute approximate surface area is 182 Å². The molecule has 0 spiro atoms. The van der Waals surface area contributed by atoms with Crippen molar-refractivity contribution in [2.75, 3.05) is 27.7 Å². The molecule has 2 aromatic rings. The fraction of sp³-hybridized carbons (Fsp3) is 0.211. The van der Waals surface area contributed by atoms with E-state index in [0.29, 0.717) is 42.6 Å². The second kappa shape index (κ2) is 12.9. The predicted molar refractivity (Wildman–Crippen MR) is 112 cm³/mol. The van der Waals surface area contributed by atoms with Crippen LogP contribution in [0.2, 0.25) is 0 Å². The summed E-state index contributed by atoms with van der Waals surface area (Å²) in [7, 11) is 5.11. The standard InChI is InChI=1S/C8H5N3O3.C6H11NO2.C5H6N2O2/c12-4-6-1-9-8-7(14-5-13)2-10-11(8)3-6;1-7(2)4-6(5-8)9-3;6-4-3(5(8)9)1-2-7-4/h1-5H;4-5H,1-3H3;1H,2H2,(H2,6,7)(H,8,9)/b;6-4+;. The summed E-state index contributed by atoms with van der Waals surface area (Å²) in [6.07, 6.45) is 8.64. The topological polar surface area (TPSA) is 179 Å². The van der Waals surface area contributed by atoms with E-state index in [1.54, 1.807) is 11.1 Å². The fourth-order valence-corrected chi connectivity index (χ4v) is 2.07. The van der Waals surface area contributed by atoms with Gasteiger partial charge in [-0.15, -0.1) is 0 Å². The Morgan fingerprint density at radius 1 is 1.28 bits per heavy atom. The number of carboxylic acids is 1. The van der Waals surface area contributed by atoms with E-state index in [1.807, 2.05) is 14.1 Å². The van der Waals surface area contributed by atoms with Crippen LogP contribution in [0.4, 0.5) is 0 Å². The van der Waals surface area contributed by atoms with Gasteiger partial charge in [0.1, 0.15) is 5.84 Å². The van der Waals surface area contributed by atoms with E-state index in [2.05, 4.69) is 24.5 Å². The van der Waals surface area contributed by atoms with Crippen LogP contribution in [0.3, 0.4) is 0 Å². The Morgan fingerprint density at radius 3 is 2.41 bits per heavy atom. The van der Waals surface area contributed by atoms with Crippen molar-refractivity contribution in [3.63, 3.8) is 0 Å². The number of allylic oxidation sites excluding steroid dienone is 1. The summed E-state index contributed by atoms with van der Waals surface area (Å²) < 4.78 is 10.6. The second-order valence-electron chi connectivity index (χ2n) is 5.96. The number of aliphatic carboxylic acids is 1. The lowest BCUT2D eigenvalue weighted by atomic mass is 10.3. The molecule has 0 radical (unpaired) electrons. The van der Waals surface area contributed by atoms with Gasteiger partial charge in [-0.2, -0.15) is 5.10 Å².